The van der Waals surface area contributed by atoms with Gasteiger partial charge in [-0.15, -0.1) is 0 Å². The normalized spacial score (nSPS) is 17.8. The Labute approximate surface area is 173 Å². The smallest absolute Gasteiger partial charge is 0.335 e. The first kappa shape index (κ1) is 18.4. The number of aromatic nitrogens is 1. The largest absolute Gasteiger partial charge is 0.478 e. The van der Waals surface area contributed by atoms with Crippen molar-refractivity contribution in [3.05, 3.63) is 71.4 Å². The maximum absolute atomic E-state index is 13.0. The Morgan fingerprint density at radius 1 is 1.20 bits per heavy atom. The number of aromatic carboxylic acids is 1. The highest BCUT2D eigenvalue weighted by atomic mass is 16.4. The zero-order valence-electron chi connectivity index (χ0n) is 16.6. The lowest BCUT2D eigenvalue weighted by Crippen LogP contribution is -2.21. The highest BCUT2D eigenvalue weighted by Gasteiger charge is 2.29. The molecule has 1 aromatic heterocycles. The molecule has 0 unspecified atom stereocenters. The van der Waals surface area contributed by atoms with Gasteiger partial charge in [0.15, 0.2) is 0 Å². The molecule has 0 atom stereocenters. The van der Waals surface area contributed by atoms with Crippen LogP contribution in [0.25, 0.3) is 17.0 Å². The van der Waals surface area contributed by atoms with Gasteiger partial charge in [-0.25, -0.2) is 4.79 Å². The maximum Gasteiger partial charge on any atom is 0.335 e. The zero-order chi connectivity index (χ0) is 20.8. The molecular weight excluding hydrogens is 378 g/mol. The van der Waals surface area contributed by atoms with E-state index >= 15 is 0 Å². The van der Waals surface area contributed by atoms with Crippen molar-refractivity contribution < 1.29 is 14.7 Å². The molecule has 1 amide bonds. The van der Waals surface area contributed by atoms with E-state index in [1.165, 1.54) is 35.5 Å². The molecule has 0 saturated heterocycles. The van der Waals surface area contributed by atoms with E-state index in [4.69, 9.17) is 0 Å². The molecule has 2 heterocycles. The molecule has 0 bridgehead atoms. The first-order chi connectivity index (χ1) is 14.5. The van der Waals surface area contributed by atoms with Gasteiger partial charge in [-0.3, -0.25) is 4.79 Å². The van der Waals surface area contributed by atoms with Gasteiger partial charge >= 0.3 is 5.97 Å². The summed E-state index contributed by atoms with van der Waals surface area (Å²) >= 11 is 0. The molecule has 0 spiro atoms. The molecular formula is C24H21N3O3. The van der Waals surface area contributed by atoms with Gasteiger partial charge in [0, 0.05) is 23.6 Å². The van der Waals surface area contributed by atoms with Crippen LogP contribution in [0.2, 0.25) is 0 Å². The van der Waals surface area contributed by atoms with E-state index in [-0.39, 0.29) is 11.5 Å². The third kappa shape index (κ3) is 3.30. The second-order valence-corrected chi connectivity index (χ2v) is 7.95. The number of anilines is 1. The first-order valence-electron chi connectivity index (χ1n) is 10.0. The number of carboxylic acids is 1. The average molecular weight is 399 g/mol. The molecule has 1 N–H and O–H groups in total. The summed E-state index contributed by atoms with van der Waals surface area (Å²) < 4.78 is 2.30. The van der Waals surface area contributed by atoms with Crippen LogP contribution < -0.4 is 5.01 Å². The molecule has 2 aromatic carbocycles. The van der Waals surface area contributed by atoms with Crippen LogP contribution in [-0.4, -0.2) is 27.3 Å². The summed E-state index contributed by atoms with van der Waals surface area (Å²) in [4.78, 5) is 24.2. The number of hydrogen-bond acceptors (Lipinski definition) is 3. The number of carbonyl (C=O) groups is 2. The Balaban J connectivity index is 1.44. The number of benzene rings is 2. The number of rotatable bonds is 5. The van der Waals surface area contributed by atoms with Crippen molar-refractivity contribution in [2.24, 2.45) is 11.0 Å². The molecule has 150 valence electrons. The minimum Gasteiger partial charge on any atom is -0.478 e. The minimum absolute atomic E-state index is 0.117. The van der Waals surface area contributed by atoms with E-state index in [2.05, 4.69) is 34.1 Å². The number of nitrogens with zero attached hydrogens (tertiary/aromatic N) is 3. The monoisotopic (exact) mass is 399 g/mol. The lowest BCUT2D eigenvalue weighted by Gasteiger charge is -2.12. The van der Waals surface area contributed by atoms with Gasteiger partial charge in [-0.2, -0.15) is 10.1 Å². The predicted octanol–water partition coefficient (Wildman–Crippen LogP) is 4.56. The number of hydrogen-bond donors (Lipinski definition) is 1. The third-order valence-corrected chi connectivity index (χ3v) is 5.66. The Morgan fingerprint density at radius 2 is 2.03 bits per heavy atom. The van der Waals surface area contributed by atoms with Gasteiger partial charge in [0.1, 0.15) is 0 Å². The van der Waals surface area contributed by atoms with Gasteiger partial charge in [-0.05, 0) is 73.7 Å². The number of carboxylic acid groups (broad SMARTS) is 1. The molecule has 6 heteroatoms. The number of carbonyl (C=O) groups excluding carboxylic acids is 1. The van der Waals surface area contributed by atoms with E-state index in [0.717, 1.165) is 23.4 Å². The van der Waals surface area contributed by atoms with Crippen LogP contribution in [0.4, 0.5) is 5.69 Å². The van der Waals surface area contributed by atoms with Crippen molar-refractivity contribution in [2.45, 2.75) is 26.3 Å². The maximum atomic E-state index is 13.0. The second-order valence-electron chi connectivity index (χ2n) is 7.95. The van der Waals surface area contributed by atoms with Crippen LogP contribution >= 0.6 is 0 Å². The fourth-order valence-electron chi connectivity index (χ4n) is 3.84. The Morgan fingerprint density at radius 3 is 2.80 bits per heavy atom. The van der Waals surface area contributed by atoms with Gasteiger partial charge in [0.05, 0.1) is 22.5 Å². The Kier molecular flexibility index (Phi) is 4.28. The SMILES string of the molecule is CC1=NN(c2cccc(C(=O)O)c2)C(=O)/C1=C\c1ccc2c(ccn2CC2CC2)c1. The van der Waals surface area contributed by atoms with E-state index < -0.39 is 5.97 Å². The standard InChI is InChI=1S/C24H21N3O3/c1-15-21(23(28)27(25-15)20-4-2-3-19(13-20)24(29)30)12-17-7-8-22-18(11-17)9-10-26(22)14-16-5-6-16/h2-4,7-13,16H,5-6,14H2,1H3,(H,29,30)/b21-12-. The van der Waals surface area contributed by atoms with E-state index in [1.807, 2.05) is 12.1 Å². The molecule has 6 nitrogen and oxygen atoms in total. The number of hydrazone groups is 1. The average Bonchev–Trinajstić information content (AvgIpc) is 3.41. The molecule has 0 radical (unpaired) electrons. The van der Waals surface area contributed by atoms with Crippen LogP contribution in [0.15, 0.2) is 65.4 Å². The van der Waals surface area contributed by atoms with Gasteiger partial charge in [0.2, 0.25) is 0 Å². The Hall–Kier alpha value is -3.67. The lowest BCUT2D eigenvalue weighted by molar-refractivity contribution is -0.114. The topological polar surface area (TPSA) is 74.9 Å². The summed E-state index contributed by atoms with van der Waals surface area (Å²) in [6.45, 7) is 2.86. The van der Waals surface area contributed by atoms with E-state index in [0.29, 0.717) is 17.0 Å². The van der Waals surface area contributed by atoms with Crippen molar-refractivity contribution in [3.63, 3.8) is 0 Å². The van der Waals surface area contributed by atoms with Crippen LogP contribution in [0.3, 0.4) is 0 Å². The van der Waals surface area contributed by atoms with E-state index in [1.54, 1.807) is 19.1 Å². The quantitative estimate of drug-likeness (QED) is 0.639. The number of fused-ring (bicyclic) bond motifs is 1. The second kappa shape index (κ2) is 6.99. The predicted molar refractivity (Wildman–Crippen MR) is 117 cm³/mol. The number of amides is 1. The third-order valence-electron chi connectivity index (χ3n) is 5.66. The summed E-state index contributed by atoms with van der Waals surface area (Å²) in [5, 5.41) is 16.0. The Bertz CT molecular complexity index is 1250. The fraction of sp³-hybridized carbons (Fsp3) is 0.208. The highest BCUT2D eigenvalue weighted by molar-refractivity contribution is 6.32. The van der Waals surface area contributed by atoms with Gasteiger partial charge in [-0.1, -0.05) is 12.1 Å². The zero-order valence-corrected chi connectivity index (χ0v) is 16.6. The fourth-order valence-corrected chi connectivity index (χ4v) is 3.84. The highest BCUT2D eigenvalue weighted by Crippen LogP contribution is 2.32. The molecule has 5 rings (SSSR count). The van der Waals surface area contributed by atoms with Crippen LogP contribution in [-0.2, 0) is 11.3 Å². The summed E-state index contributed by atoms with van der Waals surface area (Å²) in [6, 6.07) is 14.5. The van der Waals surface area contributed by atoms with Crippen LogP contribution in [0.1, 0.15) is 35.7 Å². The molecule has 3 aromatic rings. The van der Waals surface area contributed by atoms with Crippen molar-refractivity contribution in [1.29, 1.82) is 0 Å². The minimum atomic E-state index is -1.04. The van der Waals surface area contributed by atoms with E-state index in [9.17, 15) is 14.7 Å². The summed E-state index contributed by atoms with van der Waals surface area (Å²) in [7, 11) is 0. The summed E-state index contributed by atoms with van der Waals surface area (Å²) in [6.07, 6.45) is 6.61. The molecule has 1 aliphatic heterocycles. The van der Waals surface area contributed by atoms with Crippen molar-refractivity contribution in [3.8, 4) is 0 Å². The molecule has 30 heavy (non-hydrogen) atoms. The molecule has 1 aliphatic carbocycles. The van der Waals surface area contributed by atoms with Crippen LogP contribution in [0.5, 0.6) is 0 Å². The van der Waals surface area contributed by atoms with Gasteiger partial charge in [0.25, 0.3) is 5.91 Å². The van der Waals surface area contributed by atoms with Gasteiger partial charge < -0.3 is 9.67 Å². The van der Waals surface area contributed by atoms with Crippen molar-refractivity contribution in [1.82, 2.24) is 4.57 Å². The summed E-state index contributed by atoms with van der Waals surface area (Å²) in [5.41, 5.74) is 3.81. The molecule has 2 aliphatic rings. The van der Waals surface area contributed by atoms with Crippen molar-refractivity contribution in [2.75, 3.05) is 5.01 Å². The molecule has 1 saturated carbocycles. The summed E-state index contributed by atoms with van der Waals surface area (Å²) in [5.74, 6) is -0.494. The molecule has 1 fully saturated rings. The van der Waals surface area contributed by atoms with Crippen molar-refractivity contribution >= 4 is 40.3 Å². The van der Waals surface area contributed by atoms with Crippen LogP contribution in [0, 0.1) is 5.92 Å². The first-order valence-corrected chi connectivity index (χ1v) is 10.0. The lowest BCUT2D eigenvalue weighted by atomic mass is 10.1.